The molecule has 0 spiro atoms. The van der Waals surface area contributed by atoms with Gasteiger partial charge in [-0.3, -0.25) is 14.9 Å². The van der Waals surface area contributed by atoms with Gasteiger partial charge in [-0.15, -0.1) is 11.3 Å². The molecule has 0 aliphatic carbocycles. The second kappa shape index (κ2) is 13.3. The number of anilines is 1. The number of thiazole rings is 1. The Morgan fingerprint density at radius 3 is 2.60 bits per heavy atom. The predicted octanol–water partition coefficient (Wildman–Crippen LogP) is 4.10. The summed E-state index contributed by atoms with van der Waals surface area (Å²) < 4.78 is 47.1. The van der Waals surface area contributed by atoms with Gasteiger partial charge in [0.15, 0.2) is 5.69 Å². The van der Waals surface area contributed by atoms with Gasteiger partial charge in [0.05, 0.1) is 18.7 Å². The zero-order valence-corrected chi connectivity index (χ0v) is 24.2. The average molecular weight is 619 g/mol. The highest BCUT2D eigenvalue weighted by molar-refractivity contribution is 7.13. The van der Waals surface area contributed by atoms with Gasteiger partial charge in [0.2, 0.25) is 5.43 Å². The molecule has 4 aromatic rings. The largest absolute Gasteiger partial charge is 0.434 e. The van der Waals surface area contributed by atoms with E-state index in [2.05, 4.69) is 25.9 Å². The zero-order chi connectivity index (χ0) is 31.3. The Morgan fingerprint density at radius 1 is 1.19 bits per heavy atom. The smallest absolute Gasteiger partial charge is 0.395 e. The molecular formula is C28H29F3N6O5S. The van der Waals surface area contributed by atoms with E-state index in [1.807, 2.05) is 0 Å². The molecule has 0 unspecified atom stereocenters. The first-order chi connectivity index (χ1) is 20.4. The summed E-state index contributed by atoms with van der Waals surface area (Å²) in [6.07, 6.45) is -1.87. The summed E-state index contributed by atoms with van der Waals surface area (Å²) in [4.78, 5) is 46.6. The Bertz CT molecular complexity index is 1700. The molecule has 1 aromatic carbocycles. The van der Waals surface area contributed by atoms with E-state index in [1.54, 1.807) is 30.5 Å². The van der Waals surface area contributed by atoms with Crippen molar-refractivity contribution in [2.45, 2.75) is 32.6 Å². The summed E-state index contributed by atoms with van der Waals surface area (Å²) >= 11 is 0.769. The SMILES string of the molecule is COCCn1cc(C(=O)NCCO)c(=O)c2cc(-c3cnc(NC(=O)NC(C)C)cc3-c3nc(C(F)(F)F)cs3)ccc21. The Morgan fingerprint density at radius 2 is 1.95 bits per heavy atom. The maximum Gasteiger partial charge on any atom is 0.434 e. The number of methoxy groups -OCH3 is 1. The minimum atomic E-state index is -4.66. The minimum absolute atomic E-state index is 0.0202. The predicted molar refractivity (Wildman–Crippen MR) is 156 cm³/mol. The third-order valence-electron chi connectivity index (χ3n) is 6.16. The number of aliphatic hydroxyl groups excluding tert-OH is 1. The third-order valence-corrected chi connectivity index (χ3v) is 7.04. The lowest BCUT2D eigenvalue weighted by Crippen LogP contribution is -2.34. The molecule has 3 heterocycles. The van der Waals surface area contributed by atoms with Crippen LogP contribution in [-0.2, 0) is 17.5 Å². The van der Waals surface area contributed by atoms with Crippen LogP contribution in [0.25, 0.3) is 32.6 Å². The van der Waals surface area contributed by atoms with Gasteiger partial charge >= 0.3 is 12.2 Å². The Hall–Kier alpha value is -4.34. The summed E-state index contributed by atoms with van der Waals surface area (Å²) in [7, 11) is 1.51. The molecule has 228 valence electrons. The van der Waals surface area contributed by atoms with E-state index in [0.29, 0.717) is 23.2 Å². The third kappa shape index (κ3) is 7.36. The molecule has 0 saturated heterocycles. The van der Waals surface area contributed by atoms with Gasteiger partial charge in [-0.25, -0.2) is 14.8 Å². The molecule has 0 aliphatic heterocycles. The second-order valence-electron chi connectivity index (χ2n) is 9.67. The number of hydrogen-bond donors (Lipinski definition) is 4. The van der Waals surface area contributed by atoms with Gasteiger partial charge in [-0.2, -0.15) is 13.2 Å². The lowest BCUT2D eigenvalue weighted by molar-refractivity contribution is -0.140. The normalized spacial score (nSPS) is 11.6. The van der Waals surface area contributed by atoms with Crippen LogP contribution < -0.4 is 21.4 Å². The average Bonchev–Trinajstić information content (AvgIpc) is 3.46. The molecule has 0 saturated carbocycles. The van der Waals surface area contributed by atoms with Gasteiger partial charge < -0.3 is 25.0 Å². The van der Waals surface area contributed by atoms with Crippen LogP contribution >= 0.6 is 11.3 Å². The van der Waals surface area contributed by atoms with Gasteiger partial charge in [-0.05, 0) is 37.6 Å². The molecule has 0 aliphatic rings. The Kier molecular flexibility index (Phi) is 9.78. The highest BCUT2D eigenvalue weighted by atomic mass is 32.1. The summed E-state index contributed by atoms with van der Waals surface area (Å²) in [6, 6.07) is 5.55. The highest BCUT2D eigenvalue weighted by Crippen LogP contribution is 2.39. The number of benzene rings is 1. The first-order valence-corrected chi connectivity index (χ1v) is 14.0. The monoisotopic (exact) mass is 618 g/mol. The number of aliphatic hydroxyl groups is 1. The van der Waals surface area contributed by atoms with Crippen molar-refractivity contribution < 1.29 is 32.6 Å². The molecule has 0 radical (unpaired) electrons. The van der Waals surface area contributed by atoms with Crippen molar-refractivity contribution in [3.63, 3.8) is 0 Å². The van der Waals surface area contributed by atoms with Crippen LogP contribution in [0.3, 0.4) is 0 Å². The van der Waals surface area contributed by atoms with Gasteiger partial charge in [0.25, 0.3) is 5.91 Å². The van der Waals surface area contributed by atoms with Gasteiger partial charge in [-0.1, -0.05) is 6.07 Å². The number of amides is 3. The second-order valence-corrected chi connectivity index (χ2v) is 10.5. The van der Waals surface area contributed by atoms with Crippen molar-refractivity contribution in [1.29, 1.82) is 0 Å². The topological polar surface area (TPSA) is 147 Å². The van der Waals surface area contributed by atoms with Crippen LogP contribution in [0.15, 0.2) is 46.8 Å². The van der Waals surface area contributed by atoms with E-state index < -0.39 is 29.2 Å². The number of pyridine rings is 2. The van der Waals surface area contributed by atoms with Crippen LogP contribution in [0.2, 0.25) is 0 Å². The number of nitrogens with zero attached hydrogens (tertiary/aromatic N) is 3. The number of alkyl halides is 3. The van der Waals surface area contributed by atoms with Crippen LogP contribution in [0.4, 0.5) is 23.8 Å². The minimum Gasteiger partial charge on any atom is -0.395 e. The molecular weight excluding hydrogens is 589 g/mol. The number of nitrogens with one attached hydrogen (secondary N) is 3. The number of ether oxygens (including phenoxy) is 1. The maximum absolute atomic E-state index is 13.5. The van der Waals surface area contributed by atoms with Crippen molar-refractivity contribution in [2.24, 2.45) is 0 Å². The van der Waals surface area contributed by atoms with E-state index in [-0.39, 0.29) is 53.1 Å². The lowest BCUT2D eigenvalue weighted by Gasteiger charge is -2.16. The fourth-order valence-corrected chi connectivity index (χ4v) is 5.10. The Labute approximate surface area is 247 Å². The maximum atomic E-state index is 13.5. The molecule has 15 heteroatoms. The molecule has 43 heavy (non-hydrogen) atoms. The number of halogens is 3. The lowest BCUT2D eigenvalue weighted by atomic mass is 9.99. The Balaban J connectivity index is 1.89. The van der Waals surface area contributed by atoms with Gasteiger partial charge in [0, 0.05) is 60.5 Å². The quantitative estimate of drug-likeness (QED) is 0.209. The van der Waals surface area contributed by atoms with E-state index in [9.17, 15) is 27.6 Å². The number of hydrogen-bond acceptors (Lipinski definition) is 8. The van der Waals surface area contributed by atoms with Crippen molar-refractivity contribution >= 4 is 40.0 Å². The molecule has 4 rings (SSSR count). The molecule has 3 aromatic heterocycles. The van der Waals surface area contributed by atoms with Crippen molar-refractivity contribution in [3.05, 3.63) is 63.5 Å². The van der Waals surface area contributed by atoms with Crippen LogP contribution in [0.5, 0.6) is 0 Å². The summed E-state index contributed by atoms with van der Waals surface area (Å²) in [6.45, 7) is 3.77. The summed E-state index contributed by atoms with van der Waals surface area (Å²) in [5.74, 6) is -0.594. The molecule has 11 nitrogen and oxygen atoms in total. The molecule has 3 amide bonds. The zero-order valence-electron chi connectivity index (χ0n) is 23.4. The van der Waals surface area contributed by atoms with E-state index in [0.717, 1.165) is 16.7 Å². The van der Waals surface area contributed by atoms with Crippen molar-refractivity contribution in [1.82, 2.24) is 25.2 Å². The highest BCUT2D eigenvalue weighted by Gasteiger charge is 2.34. The van der Waals surface area contributed by atoms with Crippen LogP contribution in [0, 0.1) is 0 Å². The summed E-state index contributed by atoms with van der Waals surface area (Å²) in [5, 5.41) is 17.9. The van der Waals surface area contributed by atoms with Gasteiger partial charge in [0.1, 0.15) is 16.4 Å². The fraction of sp³-hybridized carbons (Fsp3) is 0.321. The van der Waals surface area contributed by atoms with E-state index in [4.69, 9.17) is 9.84 Å². The number of fused-ring (bicyclic) bond motifs is 1. The van der Waals surface area contributed by atoms with Crippen molar-refractivity contribution in [3.8, 4) is 21.7 Å². The first kappa shape index (κ1) is 31.6. The fourth-order valence-electron chi connectivity index (χ4n) is 4.24. The molecule has 4 N–H and O–H groups in total. The summed E-state index contributed by atoms with van der Waals surface area (Å²) in [5.41, 5.74) is -0.299. The first-order valence-electron chi connectivity index (χ1n) is 13.1. The molecule has 0 atom stereocenters. The van der Waals surface area contributed by atoms with Crippen LogP contribution in [0.1, 0.15) is 29.9 Å². The molecule has 0 bridgehead atoms. The number of carbonyl (C=O) groups excluding carboxylic acids is 2. The van der Waals surface area contributed by atoms with Crippen LogP contribution in [-0.4, -0.2) is 64.5 Å². The number of urea groups is 1. The number of aromatic nitrogens is 3. The number of carbonyl (C=O) groups is 2. The molecule has 0 fully saturated rings. The van der Waals surface area contributed by atoms with E-state index in [1.165, 1.54) is 31.6 Å². The standard InChI is InChI=1S/C28H29F3N6O5S/c1-15(2)34-27(41)36-23-11-17(26-35-22(14-43-26)28(29,30)31)19(12-33-23)16-4-5-21-18(10-16)24(39)20(25(40)32-6-8-38)13-37(21)7-9-42-3/h4-5,10-15,38H,6-9H2,1-3H3,(H,32,40)(H2,33,34,36,41). The van der Waals surface area contributed by atoms with Crippen molar-refractivity contribution in [2.75, 3.05) is 32.2 Å². The number of rotatable bonds is 10. The van der Waals surface area contributed by atoms with E-state index >= 15 is 0 Å².